The van der Waals surface area contributed by atoms with E-state index in [4.69, 9.17) is 14.2 Å². The lowest BCUT2D eigenvalue weighted by atomic mass is 9.88. The number of nitrogens with one attached hydrogen (secondary N) is 5. The molecule has 0 rings (SSSR count). The topological polar surface area (TPSA) is 557 Å². The highest BCUT2D eigenvalue weighted by Crippen LogP contribution is 2.23. The fourth-order valence-electron chi connectivity index (χ4n) is 9.32. The number of Topliss-reactive ketones (excluding diaryl/α,β-unsaturated/α-hetero) is 5. The Hall–Kier alpha value is -8.31. The Balaban J connectivity index is 7.17. The number of aliphatic carboxylic acids is 8. The fraction of sp³-hybridized carbons (Fsp3) is 0.705. The van der Waals surface area contributed by atoms with Gasteiger partial charge in [0, 0.05) is 133 Å². The molecule has 542 valence electrons. The second-order valence-electron chi connectivity index (χ2n) is 24.0. The maximum absolute atomic E-state index is 14.3. The van der Waals surface area contributed by atoms with E-state index in [9.17, 15) is 127 Å². The molecule has 0 radical (unpaired) electrons. The van der Waals surface area contributed by atoms with Gasteiger partial charge in [-0.2, -0.15) is 12.6 Å². The monoisotopic (exact) mass is 1390 g/mol. The van der Waals surface area contributed by atoms with E-state index in [0.717, 1.165) is 0 Å². The Labute approximate surface area is 558 Å². The van der Waals surface area contributed by atoms with Gasteiger partial charge in [-0.3, -0.25) is 86.3 Å². The molecule has 0 saturated heterocycles. The number of carbonyl (C=O) groups is 18. The predicted octanol–water partition coefficient (Wildman–Crippen LogP) is 1.03. The van der Waals surface area contributed by atoms with Gasteiger partial charge in [0.2, 0.25) is 29.5 Å². The summed E-state index contributed by atoms with van der Waals surface area (Å²) in [5.74, 6) is -29.3. The first-order valence-electron chi connectivity index (χ1n) is 31.0. The lowest BCUT2D eigenvalue weighted by molar-refractivity contribution is -0.141. The van der Waals surface area contributed by atoms with Gasteiger partial charge in [0.1, 0.15) is 0 Å². The van der Waals surface area contributed by atoms with Crippen LogP contribution in [0.2, 0.25) is 0 Å². The van der Waals surface area contributed by atoms with Crippen molar-refractivity contribution in [3.05, 3.63) is 0 Å². The molecular weight excluding hydrogens is 1300 g/mol. The zero-order chi connectivity index (χ0) is 73.3. The van der Waals surface area contributed by atoms with E-state index in [1.54, 1.807) is 0 Å². The lowest BCUT2D eigenvalue weighted by Gasteiger charge is -2.26. The number of ether oxygens (including phenoxy) is 3. The van der Waals surface area contributed by atoms with Gasteiger partial charge in [-0.05, 0) is 63.2 Å². The Morgan fingerprint density at radius 2 is 0.615 bits per heavy atom. The first kappa shape index (κ1) is 87.7. The number of amides is 5. The Bertz CT molecular complexity index is 2700. The minimum absolute atomic E-state index is 0.0630. The van der Waals surface area contributed by atoms with Crippen molar-refractivity contribution in [2.45, 2.75) is 199 Å². The average molecular weight is 1390 g/mol. The van der Waals surface area contributed by atoms with Gasteiger partial charge >= 0.3 is 47.8 Å². The van der Waals surface area contributed by atoms with Crippen molar-refractivity contribution in [1.82, 2.24) is 26.6 Å². The molecule has 0 spiro atoms. The van der Waals surface area contributed by atoms with Crippen molar-refractivity contribution < 1.29 is 141 Å². The van der Waals surface area contributed by atoms with Crippen LogP contribution in [0.5, 0.6) is 0 Å². The second-order valence-corrected chi connectivity index (χ2v) is 24.4. The summed E-state index contributed by atoms with van der Waals surface area (Å²) >= 11 is 4.11. The highest BCUT2D eigenvalue weighted by Gasteiger charge is 2.37. The molecule has 0 aromatic rings. The van der Waals surface area contributed by atoms with E-state index in [1.807, 2.05) is 20.8 Å². The molecule has 0 aliphatic heterocycles. The van der Waals surface area contributed by atoms with Crippen LogP contribution < -0.4 is 26.6 Å². The van der Waals surface area contributed by atoms with Crippen molar-refractivity contribution in [3.63, 3.8) is 0 Å². The molecule has 35 heteroatoms. The summed E-state index contributed by atoms with van der Waals surface area (Å²) in [4.78, 5) is 233. The van der Waals surface area contributed by atoms with Crippen LogP contribution in [-0.4, -0.2) is 223 Å². The van der Waals surface area contributed by atoms with Crippen LogP contribution >= 0.6 is 12.6 Å². The average Bonchev–Trinajstić information content (AvgIpc) is 0.886. The summed E-state index contributed by atoms with van der Waals surface area (Å²) in [6.45, 7) is 6.52. The van der Waals surface area contributed by atoms with E-state index in [1.165, 1.54) is 7.11 Å². The Kier molecular flexibility index (Phi) is 43.4. The molecule has 9 atom stereocenters. The Morgan fingerprint density at radius 1 is 0.333 bits per heavy atom. The van der Waals surface area contributed by atoms with Gasteiger partial charge in [-0.25, -0.2) is 0 Å². The van der Waals surface area contributed by atoms with Crippen molar-refractivity contribution in [3.8, 4) is 0 Å². The van der Waals surface area contributed by atoms with Crippen molar-refractivity contribution in [1.29, 1.82) is 0 Å². The lowest BCUT2D eigenvalue weighted by Crippen LogP contribution is -2.49. The van der Waals surface area contributed by atoms with Gasteiger partial charge in [-0.15, -0.1) is 0 Å². The van der Waals surface area contributed by atoms with Crippen LogP contribution in [0.3, 0.4) is 0 Å². The van der Waals surface area contributed by atoms with E-state index < -0.39 is 289 Å². The molecule has 0 aromatic heterocycles. The first-order chi connectivity index (χ1) is 44.9. The predicted molar refractivity (Wildman–Crippen MR) is 333 cm³/mol. The molecule has 0 unspecified atom stereocenters. The van der Waals surface area contributed by atoms with E-state index in [-0.39, 0.29) is 56.9 Å². The second kappa shape index (κ2) is 47.6. The third-order valence-corrected chi connectivity index (χ3v) is 14.9. The third kappa shape index (κ3) is 41.5. The van der Waals surface area contributed by atoms with Crippen molar-refractivity contribution in [2.75, 3.05) is 45.9 Å². The van der Waals surface area contributed by atoms with Crippen LogP contribution in [0, 0.1) is 29.1 Å². The maximum Gasteiger partial charge on any atom is 0.303 e. The summed E-state index contributed by atoms with van der Waals surface area (Å²) in [7, 11) is 1.43. The number of carboxylic acids is 8. The van der Waals surface area contributed by atoms with E-state index >= 15 is 0 Å². The van der Waals surface area contributed by atoms with Crippen LogP contribution in [0.4, 0.5) is 0 Å². The van der Waals surface area contributed by atoms with Crippen LogP contribution in [0.25, 0.3) is 0 Å². The van der Waals surface area contributed by atoms with Gasteiger partial charge < -0.3 is 81.6 Å². The molecule has 0 aliphatic carbocycles. The molecule has 34 nitrogen and oxygen atoms in total. The molecule has 0 saturated carbocycles. The normalized spacial score (nSPS) is 14.1. The van der Waals surface area contributed by atoms with Gasteiger partial charge in [0.05, 0.1) is 56.6 Å². The van der Waals surface area contributed by atoms with Crippen LogP contribution in [0.15, 0.2) is 0 Å². The van der Waals surface area contributed by atoms with E-state index in [2.05, 4.69) is 39.2 Å². The number of ketones is 5. The van der Waals surface area contributed by atoms with Gasteiger partial charge in [-0.1, -0.05) is 20.8 Å². The number of thiol groups is 1. The zero-order valence-corrected chi connectivity index (χ0v) is 55.2. The number of hydrogen-bond acceptors (Lipinski definition) is 22. The standard InChI is InChI=1S/C61H93N5O29S/c1-61(2,3)33-95-24-5-6-43(67)38(11-19-53(81)82)63-57(89)34(7-15-49(73)74)28-44(68)39(12-20-54(83)84)64-58(90)35(8-16-50(75)76)29-45(69)40(13-21-55(85)86)65-59(91)36(9-17-51(77)78)30-46(70)41(14-22-56(87)88)66-60(92)37(10-18-52(79)80)31-47(71)42(32-96)62-48(72)23-25-94-27-26-93-4/h34-42,96H,5-33H2,1-4H3,(H,62,72)(H,63,89)(H,64,90)(H,65,91)(H,66,92)(H,73,74)(H,75,76)(H,77,78)(H,79,80)(H,81,82)(H,83,84)(H,85,86)(H,87,88)/t34-,35-,36-,37-,38+,39+,40+,41+,42+/m0/s1. The highest BCUT2D eigenvalue weighted by molar-refractivity contribution is 7.80. The number of methoxy groups -OCH3 is 1. The molecule has 5 amide bonds. The molecular formula is C61H93N5O29S. The summed E-state index contributed by atoms with van der Waals surface area (Å²) in [5.41, 5.74) is -0.211. The molecule has 96 heavy (non-hydrogen) atoms. The molecule has 0 aromatic carbocycles. The molecule has 0 heterocycles. The van der Waals surface area contributed by atoms with Crippen LogP contribution in [-0.2, 0) is 101 Å². The van der Waals surface area contributed by atoms with Gasteiger partial charge in [0.25, 0.3) is 0 Å². The smallest absolute Gasteiger partial charge is 0.303 e. The number of rotatable bonds is 58. The van der Waals surface area contributed by atoms with Crippen molar-refractivity contribution in [2.24, 2.45) is 29.1 Å². The van der Waals surface area contributed by atoms with Crippen LogP contribution in [0.1, 0.15) is 168 Å². The number of carbonyl (C=O) groups excluding carboxylic acids is 10. The SMILES string of the molecule is COCCOCCC(=O)N[C@H](CS)C(=O)C[C@H](CCC(=O)O)C(=O)N[C@H](CCC(=O)O)C(=O)C[C@H](CCC(=O)O)C(=O)N[C@H](CCC(=O)O)C(=O)C[C@H](CCC(=O)O)C(=O)N[C@H](CCC(=O)O)C(=O)C[C@H](CCC(=O)O)C(=O)N[C@H](CCC(=O)O)C(=O)CCCOCC(C)(C)C. The summed E-state index contributed by atoms with van der Waals surface area (Å²) in [6, 6.07) is -8.43. The zero-order valence-electron chi connectivity index (χ0n) is 54.3. The summed E-state index contributed by atoms with van der Waals surface area (Å²) in [5, 5.41) is 88.2. The first-order valence-corrected chi connectivity index (χ1v) is 31.7. The number of carboxylic acid groups (broad SMARTS) is 8. The summed E-state index contributed by atoms with van der Waals surface area (Å²) in [6.07, 6.45) is -15.6. The molecule has 13 N–H and O–H groups in total. The fourth-order valence-corrected chi connectivity index (χ4v) is 9.62. The third-order valence-electron chi connectivity index (χ3n) is 14.6. The molecule has 0 bridgehead atoms. The minimum atomic E-state index is -1.95. The maximum atomic E-state index is 14.3. The Morgan fingerprint density at radius 3 is 0.885 bits per heavy atom. The number of hydrogen-bond donors (Lipinski definition) is 14. The van der Waals surface area contributed by atoms with Crippen molar-refractivity contribution >= 4 is 119 Å². The molecule has 0 fully saturated rings. The summed E-state index contributed by atoms with van der Waals surface area (Å²) < 4.78 is 15.7. The molecule has 0 aliphatic rings. The highest BCUT2D eigenvalue weighted by atomic mass is 32.1. The van der Waals surface area contributed by atoms with Gasteiger partial charge in [0.15, 0.2) is 28.9 Å². The largest absolute Gasteiger partial charge is 0.481 e. The van der Waals surface area contributed by atoms with E-state index in [0.29, 0.717) is 6.61 Å². The minimum Gasteiger partial charge on any atom is -0.481 e. The quantitative estimate of drug-likeness (QED) is 0.0299.